The normalized spacial score (nSPS) is 12.5. The first-order valence-electron chi connectivity index (χ1n) is 10.7. The number of carbonyl (C=O) groups excluding carboxylic acids is 2. The Morgan fingerprint density at radius 3 is 2.61 bits per heavy atom. The molecule has 7 heteroatoms. The van der Waals surface area contributed by atoms with Gasteiger partial charge in [0.2, 0.25) is 0 Å². The smallest absolute Gasteiger partial charge is 0.258 e. The highest BCUT2D eigenvalue weighted by Gasteiger charge is 2.27. The minimum atomic E-state index is -0.211. The van der Waals surface area contributed by atoms with Crippen molar-refractivity contribution in [3.63, 3.8) is 0 Å². The molecule has 0 saturated heterocycles. The van der Waals surface area contributed by atoms with Crippen molar-refractivity contribution in [2.75, 3.05) is 16.8 Å². The van der Waals surface area contributed by atoms with Crippen molar-refractivity contribution < 1.29 is 9.59 Å². The Morgan fingerprint density at radius 1 is 1.03 bits per heavy atom. The fraction of sp³-hybridized carbons (Fsp3) is 0.154. The maximum Gasteiger partial charge on any atom is 0.258 e. The third kappa shape index (κ3) is 4.03. The fourth-order valence-corrected chi connectivity index (χ4v) is 4.94. The van der Waals surface area contributed by atoms with E-state index in [9.17, 15) is 9.59 Å². The quantitative estimate of drug-likeness (QED) is 0.455. The van der Waals surface area contributed by atoms with Crippen LogP contribution in [-0.4, -0.2) is 28.3 Å². The molecule has 1 aliphatic rings. The highest BCUT2D eigenvalue weighted by atomic mass is 32.1. The maximum atomic E-state index is 13.1. The Bertz CT molecular complexity index is 1360. The number of nitrogens with zero attached hydrogens (tertiary/aromatic N) is 3. The van der Waals surface area contributed by atoms with E-state index in [1.165, 1.54) is 11.3 Å². The van der Waals surface area contributed by atoms with Crippen LogP contribution in [0.15, 0.2) is 67.0 Å². The molecule has 0 bridgehead atoms. The van der Waals surface area contributed by atoms with E-state index in [-0.39, 0.29) is 11.8 Å². The summed E-state index contributed by atoms with van der Waals surface area (Å²) >= 11 is 1.45. The summed E-state index contributed by atoms with van der Waals surface area (Å²) in [6, 6.07) is 17.1. The van der Waals surface area contributed by atoms with E-state index < -0.39 is 0 Å². The molecule has 6 nitrogen and oxygen atoms in total. The van der Waals surface area contributed by atoms with Crippen molar-refractivity contribution >= 4 is 34.0 Å². The highest BCUT2D eigenvalue weighted by Crippen LogP contribution is 2.36. The van der Waals surface area contributed by atoms with Gasteiger partial charge in [0.25, 0.3) is 11.8 Å². The molecule has 0 atom stereocenters. The number of aromatic nitrogens is 2. The molecule has 2 amide bonds. The molecule has 1 aliphatic heterocycles. The van der Waals surface area contributed by atoms with Crippen LogP contribution in [0.3, 0.4) is 0 Å². The third-order valence-corrected chi connectivity index (χ3v) is 6.71. The Kier molecular flexibility index (Phi) is 5.48. The molecule has 0 saturated carbocycles. The summed E-state index contributed by atoms with van der Waals surface area (Å²) in [5.74, 6) is -0.178. The SMILES string of the molecule is Cc1ccccc1C(=O)N1CCc2cc(-c3nc(NC(=O)c4ccncc4)sc3C)ccc21. The standard InChI is InChI=1S/C26H22N4O2S/c1-16-5-3-4-6-21(16)25(32)30-14-11-19-15-20(7-8-22(19)30)23-17(2)33-26(28-23)29-24(31)18-9-12-27-13-10-18/h3-10,12-13,15H,11,14H2,1-2H3,(H,28,29,31). The summed E-state index contributed by atoms with van der Waals surface area (Å²) in [7, 11) is 0. The molecule has 4 aromatic rings. The summed E-state index contributed by atoms with van der Waals surface area (Å²) < 4.78 is 0. The van der Waals surface area contributed by atoms with Crippen molar-refractivity contribution in [2.24, 2.45) is 0 Å². The van der Waals surface area contributed by atoms with E-state index in [0.29, 0.717) is 17.2 Å². The number of rotatable bonds is 4. The number of fused-ring (bicyclic) bond motifs is 1. The number of carbonyl (C=O) groups is 2. The predicted molar refractivity (Wildman–Crippen MR) is 131 cm³/mol. The second-order valence-corrected chi connectivity index (χ2v) is 9.18. The van der Waals surface area contributed by atoms with Crippen LogP contribution in [0.4, 0.5) is 10.8 Å². The van der Waals surface area contributed by atoms with Crippen LogP contribution in [0.1, 0.15) is 36.7 Å². The van der Waals surface area contributed by atoms with E-state index in [1.54, 1.807) is 24.5 Å². The first-order valence-corrected chi connectivity index (χ1v) is 11.5. The Morgan fingerprint density at radius 2 is 1.82 bits per heavy atom. The molecular formula is C26H22N4O2S. The van der Waals surface area contributed by atoms with E-state index in [0.717, 1.165) is 44.9 Å². The Labute approximate surface area is 195 Å². The Hall–Kier alpha value is -3.84. The lowest BCUT2D eigenvalue weighted by Gasteiger charge is -2.18. The van der Waals surface area contributed by atoms with Crippen LogP contribution in [-0.2, 0) is 6.42 Å². The van der Waals surface area contributed by atoms with Crippen molar-refractivity contribution in [1.82, 2.24) is 9.97 Å². The molecule has 0 aliphatic carbocycles. The summed E-state index contributed by atoms with van der Waals surface area (Å²) in [6.07, 6.45) is 3.98. The van der Waals surface area contributed by atoms with Gasteiger partial charge >= 0.3 is 0 Å². The zero-order valence-corrected chi connectivity index (χ0v) is 19.1. The highest BCUT2D eigenvalue weighted by molar-refractivity contribution is 7.16. The zero-order valence-electron chi connectivity index (χ0n) is 18.3. The average molecular weight is 455 g/mol. The van der Waals surface area contributed by atoms with E-state index in [4.69, 9.17) is 0 Å². The molecule has 33 heavy (non-hydrogen) atoms. The molecule has 5 rings (SSSR count). The molecule has 0 fully saturated rings. The molecule has 0 radical (unpaired) electrons. The van der Waals surface area contributed by atoms with Crippen molar-refractivity contribution in [3.05, 3.63) is 94.1 Å². The van der Waals surface area contributed by atoms with Gasteiger partial charge in [-0.1, -0.05) is 24.3 Å². The summed E-state index contributed by atoms with van der Waals surface area (Å²) in [6.45, 7) is 4.62. The minimum absolute atomic E-state index is 0.0329. The van der Waals surface area contributed by atoms with Crippen LogP contribution >= 0.6 is 11.3 Å². The van der Waals surface area contributed by atoms with E-state index in [2.05, 4.69) is 21.4 Å². The first kappa shape index (κ1) is 21.0. The van der Waals surface area contributed by atoms with Crippen LogP contribution < -0.4 is 10.2 Å². The topological polar surface area (TPSA) is 75.2 Å². The third-order valence-electron chi connectivity index (χ3n) is 5.83. The monoisotopic (exact) mass is 454 g/mol. The molecule has 1 N–H and O–H groups in total. The number of anilines is 2. The number of benzene rings is 2. The van der Waals surface area contributed by atoms with Crippen molar-refractivity contribution in [2.45, 2.75) is 20.3 Å². The van der Waals surface area contributed by atoms with Gasteiger partial charge in [0, 0.05) is 46.2 Å². The lowest BCUT2D eigenvalue weighted by molar-refractivity contribution is 0.0987. The number of nitrogens with one attached hydrogen (secondary N) is 1. The summed E-state index contributed by atoms with van der Waals surface area (Å²) in [4.78, 5) is 37.1. The number of thiazole rings is 1. The van der Waals surface area contributed by atoms with Crippen LogP contribution in [0, 0.1) is 13.8 Å². The van der Waals surface area contributed by atoms with Crippen molar-refractivity contribution in [3.8, 4) is 11.3 Å². The summed E-state index contributed by atoms with van der Waals surface area (Å²) in [5, 5.41) is 3.43. The van der Waals surface area contributed by atoms with Gasteiger partial charge in [-0.3, -0.25) is 19.9 Å². The molecule has 0 unspecified atom stereocenters. The van der Waals surface area contributed by atoms with Crippen molar-refractivity contribution in [1.29, 1.82) is 0 Å². The number of amides is 2. The van der Waals surface area contributed by atoms with Gasteiger partial charge in [0.05, 0.1) is 5.69 Å². The van der Waals surface area contributed by atoms with Gasteiger partial charge < -0.3 is 4.90 Å². The average Bonchev–Trinajstić information content (AvgIpc) is 3.42. The predicted octanol–water partition coefficient (Wildman–Crippen LogP) is 5.28. The van der Waals surface area contributed by atoms with Gasteiger partial charge in [0.15, 0.2) is 5.13 Å². The molecule has 2 aromatic carbocycles. The molecule has 164 valence electrons. The number of hydrogen-bond donors (Lipinski definition) is 1. The summed E-state index contributed by atoms with van der Waals surface area (Å²) in [5.41, 5.74) is 6.16. The van der Waals surface area contributed by atoms with Gasteiger partial charge in [-0.25, -0.2) is 4.98 Å². The van der Waals surface area contributed by atoms with Crippen LogP contribution in [0.2, 0.25) is 0 Å². The number of aryl methyl sites for hydroxylation is 2. The molecule has 0 spiro atoms. The molecule has 3 heterocycles. The minimum Gasteiger partial charge on any atom is -0.308 e. The maximum absolute atomic E-state index is 13.1. The van der Waals surface area contributed by atoms with Gasteiger partial charge in [-0.2, -0.15) is 0 Å². The van der Waals surface area contributed by atoms with Gasteiger partial charge in [-0.05, 0) is 61.7 Å². The largest absolute Gasteiger partial charge is 0.308 e. The molecular weight excluding hydrogens is 432 g/mol. The second kappa shape index (κ2) is 8.60. The zero-order chi connectivity index (χ0) is 22.9. The lowest BCUT2D eigenvalue weighted by atomic mass is 10.0. The second-order valence-electron chi connectivity index (χ2n) is 7.98. The van der Waals surface area contributed by atoms with E-state index in [1.807, 2.05) is 55.1 Å². The van der Waals surface area contributed by atoms with E-state index >= 15 is 0 Å². The molecule has 2 aromatic heterocycles. The number of hydrogen-bond acceptors (Lipinski definition) is 5. The van der Waals surface area contributed by atoms with Crippen LogP contribution in [0.5, 0.6) is 0 Å². The first-order chi connectivity index (χ1) is 16.0. The van der Waals surface area contributed by atoms with Crippen LogP contribution in [0.25, 0.3) is 11.3 Å². The van der Waals surface area contributed by atoms with Gasteiger partial charge in [0.1, 0.15) is 0 Å². The Balaban J connectivity index is 1.39. The number of pyridine rings is 1. The van der Waals surface area contributed by atoms with Gasteiger partial charge in [-0.15, -0.1) is 11.3 Å². The fourth-order valence-electron chi connectivity index (χ4n) is 4.11. The lowest BCUT2D eigenvalue weighted by Crippen LogP contribution is -2.29.